The van der Waals surface area contributed by atoms with Crippen molar-refractivity contribution in [2.24, 2.45) is 0 Å². The number of hydrogen-bond donors (Lipinski definition) is 3. The van der Waals surface area contributed by atoms with Crippen LogP contribution in [0.15, 0.2) is 0 Å². The van der Waals surface area contributed by atoms with Crippen LogP contribution in [0.3, 0.4) is 0 Å². The third-order valence-corrected chi connectivity index (χ3v) is 2.10. The fourth-order valence-electron chi connectivity index (χ4n) is 1.40. The molecular formula is C6H10O5. The van der Waals surface area contributed by atoms with Crippen molar-refractivity contribution in [1.29, 1.82) is 0 Å². The molecular weight excluding hydrogens is 152 g/mol. The molecule has 0 aliphatic carbocycles. The van der Waals surface area contributed by atoms with Crippen LogP contribution >= 0.6 is 0 Å². The maximum absolute atomic E-state index is 9.43. The van der Waals surface area contributed by atoms with Crippen molar-refractivity contribution in [3.05, 3.63) is 0 Å². The Morgan fingerprint density at radius 3 is 2.73 bits per heavy atom. The van der Waals surface area contributed by atoms with E-state index in [4.69, 9.17) is 21.1 Å². The molecule has 2 unspecified atom stereocenters. The van der Waals surface area contributed by atoms with Gasteiger partial charge in [0.25, 0.3) is 0 Å². The average molecular weight is 163 g/mol. The van der Waals surface area contributed by atoms with Gasteiger partial charge in [0.1, 0.15) is 17.8 Å². The summed E-state index contributed by atoms with van der Waals surface area (Å²) >= 11 is 0. The van der Waals surface area contributed by atoms with Crippen LogP contribution in [0.2, 0.25) is 0 Å². The number of rotatable bonds is 1. The monoisotopic (exact) mass is 163 g/mol. The molecule has 0 radical (unpaired) electrons. The third-order valence-electron chi connectivity index (χ3n) is 2.10. The van der Waals surface area contributed by atoms with Gasteiger partial charge in [0.2, 0.25) is 0 Å². The number of ether oxygens (including phenoxy) is 2. The van der Waals surface area contributed by atoms with Crippen molar-refractivity contribution >= 4 is 0 Å². The van der Waals surface area contributed by atoms with Gasteiger partial charge >= 0.3 is 0 Å². The minimum Gasteiger partial charge on any atom is -0.393 e. The Labute approximate surface area is 64.6 Å². The second-order valence-electron chi connectivity index (χ2n) is 2.78. The first-order valence-corrected chi connectivity index (χ1v) is 3.34. The van der Waals surface area contributed by atoms with E-state index < -0.39 is 37.3 Å². The molecule has 2 rings (SSSR count). The smallest absolute Gasteiger partial charge is 0.184 e. The molecule has 0 amide bonds. The highest BCUT2D eigenvalue weighted by molar-refractivity contribution is 5.05. The molecule has 0 spiro atoms. The van der Waals surface area contributed by atoms with Gasteiger partial charge in [-0.3, -0.25) is 0 Å². The summed E-state index contributed by atoms with van der Waals surface area (Å²) in [5.74, 6) is 0. The quantitative estimate of drug-likeness (QED) is 0.410. The van der Waals surface area contributed by atoms with Crippen molar-refractivity contribution < 1.29 is 26.2 Å². The van der Waals surface area contributed by atoms with Crippen LogP contribution in [0.25, 0.3) is 0 Å². The maximum Gasteiger partial charge on any atom is 0.184 e. The summed E-state index contributed by atoms with van der Waals surface area (Å²) in [5, 5.41) is 27.4. The van der Waals surface area contributed by atoms with Gasteiger partial charge < -0.3 is 24.8 Å². The minimum absolute atomic E-state index is 0.532. The minimum atomic E-state index is -1.45. The molecule has 5 heteroatoms. The molecule has 5 atom stereocenters. The van der Waals surface area contributed by atoms with Crippen LogP contribution in [0.4, 0.5) is 0 Å². The first-order valence-electron chi connectivity index (χ1n) is 3.92. The first kappa shape index (κ1) is 6.33. The van der Waals surface area contributed by atoms with Crippen LogP contribution < -0.4 is 0 Å². The predicted octanol–water partition coefficient (Wildman–Crippen LogP) is -2.17. The molecule has 64 valence electrons. The zero-order chi connectivity index (χ0) is 8.93. The zero-order valence-electron chi connectivity index (χ0n) is 6.67. The van der Waals surface area contributed by atoms with Crippen LogP contribution in [-0.2, 0) is 9.47 Å². The largest absolute Gasteiger partial charge is 0.393 e. The maximum atomic E-state index is 9.43. The molecule has 2 aliphatic heterocycles. The van der Waals surface area contributed by atoms with E-state index in [-0.39, 0.29) is 0 Å². The van der Waals surface area contributed by atoms with E-state index in [1.165, 1.54) is 0 Å². The highest BCUT2D eigenvalue weighted by Crippen LogP contribution is 2.38. The zero-order valence-corrected chi connectivity index (χ0v) is 5.67. The number of aliphatic hydroxyl groups excluding tert-OH is 3. The molecule has 2 fully saturated rings. The predicted molar refractivity (Wildman–Crippen MR) is 32.7 cm³/mol. The van der Waals surface area contributed by atoms with Gasteiger partial charge in [-0.25, -0.2) is 0 Å². The number of aliphatic hydroxyl groups is 3. The lowest BCUT2D eigenvalue weighted by molar-refractivity contribution is -0.231. The summed E-state index contributed by atoms with van der Waals surface area (Å²) in [7, 11) is 0. The molecule has 5 nitrogen and oxygen atoms in total. The van der Waals surface area contributed by atoms with Crippen molar-refractivity contribution in [1.82, 2.24) is 0 Å². The lowest BCUT2D eigenvalue weighted by atomic mass is 10.0. The van der Waals surface area contributed by atoms with E-state index >= 15 is 0 Å². The highest BCUT2D eigenvalue weighted by Gasteiger charge is 2.60. The second-order valence-corrected chi connectivity index (χ2v) is 2.78. The molecule has 0 aromatic heterocycles. The Morgan fingerprint density at radius 1 is 1.64 bits per heavy atom. The standard InChI is InChI=1S/C6H10O5/c7-1-6-2-10-3(4(6)8)5(9)11-6/h3-5,7-9H,1-2H2/t3-,4+,5?,6+/m1/s1/i2D/t2?,3-,4+,5?,6+. The van der Waals surface area contributed by atoms with Crippen LogP contribution in [0, 0.1) is 0 Å². The average Bonchev–Trinajstić information content (AvgIpc) is 2.41. The second kappa shape index (κ2) is 2.15. The Bertz CT molecular complexity index is 200. The van der Waals surface area contributed by atoms with Crippen molar-refractivity contribution in [3.63, 3.8) is 0 Å². The summed E-state index contributed by atoms with van der Waals surface area (Å²) in [6.45, 7) is -1.67. The number of hydrogen-bond acceptors (Lipinski definition) is 5. The van der Waals surface area contributed by atoms with Crippen molar-refractivity contribution in [3.8, 4) is 0 Å². The molecule has 2 aliphatic rings. The number of fused-ring (bicyclic) bond motifs is 2. The first-order chi connectivity index (χ1) is 5.62. The SMILES string of the molecule is [2H]C1O[C@H]2C(O)O[C@]1(CO)[C@H]2O. The van der Waals surface area contributed by atoms with Gasteiger partial charge in [0.05, 0.1) is 14.6 Å². The Balaban J connectivity index is 2.30. The van der Waals surface area contributed by atoms with Gasteiger partial charge in [-0.15, -0.1) is 0 Å². The summed E-state index contributed by atoms with van der Waals surface area (Å²) in [6.07, 6.45) is -3.27. The topological polar surface area (TPSA) is 79.2 Å². The fraction of sp³-hybridized carbons (Fsp3) is 1.00. The molecule has 3 N–H and O–H groups in total. The van der Waals surface area contributed by atoms with Crippen LogP contribution in [0.5, 0.6) is 0 Å². The fourth-order valence-corrected chi connectivity index (χ4v) is 1.40. The van der Waals surface area contributed by atoms with Crippen LogP contribution in [0.1, 0.15) is 1.37 Å². The van der Waals surface area contributed by atoms with Crippen molar-refractivity contribution in [2.45, 2.75) is 24.1 Å². The molecule has 0 aromatic rings. The molecule has 2 heterocycles. The van der Waals surface area contributed by atoms with E-state index in [0.717, 1.165) is 0 Å². The molecule has 11 heavy (non-hydrogen) atoms. The molecule has 0 saturated carbocycles. The summed E-state index contributed by atoms with van der Waals surface area (Å²) in [4.78, 5) is 0. The van der Waals surface area contributed by atoms with Gasteiger partial charge in [0, 0.05) is 0 Å². The van der Waals surface area contributed by atoms with Crippen LogP contribution in [-0.4, -0.2) is 52.6 Å². The lowest BCUT2D eigenvalue weighted by Gasteiger charge is -2.26. The van der Waals surface area contributed by atoms with E-state index in [0.29, 0.717) is 0 Å². The van der Waals surface area contributed by atoms with Gasteiger partial charge in [-0.05, 0) is 0 Å². The van der Waals surface area contributed by atoms with Gasteiger partial charge in [0.15, 0.2) is 6.29 Å². The van der Waals surface area contributed by atoms with E-state index in [1.54, 1.807) is 0 Å². The van der Waals surface area contributed by atoms with Gasteiger partial charge in [-0.2, -0.15) is 0 Å². The lowest BCUT2D eigenvalue weighted by Crippen LogP contribution is -2.44. The van der Waals surface area contributed by atoms with E-state index in [9.17, 15) is 5.11 Å². The summed E-state index contributed by atoms with van der Waals surface area (Å²) < 4.78 is 17.0. The normalized spacial score (nSPS) is 63.4. The van der Waals surface area contributed by atoms with E-state index in [2.05, 4.69) is 0 Å². The third kappa shape index (κ3) is 0.771. The molecule has 0 aromatic carbocycles. The van der Waals surface area contributed by atoms with Crippen molar-refractivity contribution in [2.75, 3.05) is 13.2 Å². The molecule has 2 bridgehead atoms. The van der Waals surface area contributed by atoms with Gasteiger partial charge in [-0.1, -0.05) is 0 Å². The Kier molecular flexibility index (Phi) is 1.24. The Hall–Kier alpha value is -0.200. The summed E-state index contributed by atoms with van der Waals surface area (Å²) in [6, 6.07) is 0. The highest BCUT2D eigenvalue weighted by atomic mass is 16.7. The summed E-state index contributed by atoms with van der Waals surface area (Å²) in [5.41, 5.74) is -1.45. The van der Waals surface area contributed by atoms with E-state index in [1.807, 2.05) is 0 Å². The Morgan fingerprint density at radius 2 is 2.36 bits per heavy atom. The molecule has 2 saturated heterocycles.